The zero-order valence-corrected chi connectivity index (χ0v) is 18.2. The van der Waals surface area contributed by atoms with Gasteiger partial charge in [0.1, 0.15) is 11.3 Å². The first-order valence-electron chi connectivity index (χ1n) is 11.6. The highest BCUT2D eigenvalue weighted by Gasteiger charge is 2.27. The van der Waals surface area contributed by atoms with E-state index in [1.807, 2.05) is 30.3 Å². The molecule has 1 aliphatic heterocycles. The number of para-hydroxylation sites is 1. The van der Waals surface area contributed by atoms with Crippen molar-refractivity contribution >= 4 is 10.9 Å². The summed E-state index contributed by atoms with van der Waals surface area (Å²) in [7, 11) is 1.59. The number of fused-ring (bicyclic) bond motifs is 1. The first-order chi connectivity index (χ1) is 15.2. The molecule has 1 unspecified atom stereocenters. The number of methoxy groups -OCH3 is 1. The van der Waals surface area contributed by atoms with Gasteiger partial charge in [-0.05, 0) is 50.3 Å². The topological polar surface area (TPSA) is 76.0 Å². The fraction of sp³-hybridized carbons (Fsp3) is 0.542. The van der Waals surface area contributed by atoms with E-state index in [1.165, 1.54) is 43.3 Å². The molecule has 164 valence electrons. The molecule has 0 bridgehead atoms. The van der Waals surface area contributed by atoms with E-state index in [1.54, 1.807) is 7.11 Å². The number of rotatable bonds is 5. The molecular weight excluding hydrogens is 390 g/mol. The van der Waals surface area contributed by atoms with Crippen LogP contribution >= 0.6 is 0 Å². The molecule has 2 fully saturated rings. The monoisotopic (exact) mass is 421 g/mol. The molecular formula is C24H31N5O2. The van der Waals surface area contributed by atoms with Crippen molar-refractivity contribution < 1.29 is 4.74 Å². The molecule has 7 heteroatoms. The van der Waals surface area contributed by atoms with Gasteiger partial charge in [0.15, 0.2) is 0 Å². The lowest BCUT2D eigenvalue weighted by molar-refractivity contribution is 0.158. The van der Waals surface area contributed by atoms with Crippen LogP contribution in [0, 0.1) is 5.92 Å². The highest BCUT2D eigenvalue weighted by atomic mass is 16.5. The number of piperidine rings is 1. The van der Waals surface area contributed by atoms with Crippen molar-refractivity contribution in [2.24, 2.45) is 5.92 Å². The van der Waals surface area contributed by atoms with Crippen LogP contribution in [0.3, 0.4) is 0 Å². The Kier molecular flexibility index (Phi) is 5.76. The van der Waals surface area contributed by atoms with Crippen molar-refractivity contribution in [2.45, 2.75) is 50.9 Å². The van der Waals surface area contributed by atoms with Gasteiger partial charge in [-0.15, -0.1) is 5.10 Å². The molecule has 3 aromatic rings. The van der Waals surface area contributed by atoms with Crippen LogP contribution in [0.15, 0.2) is 35.1 Å². The highest BCUT2D eigenvalue weighted by molar-refractivity contribution is 5.86. The van der Waals surface area contributed by atoms with E-state index in [0.717, 1.165) is 43.1 Å². The number of ether oxygens (including phenoxy) is 1. The predicted molar refractivity (Wildman–Crippen MR) is 121 cm³/mol. The number of hydrogen-bond donors (Lipinski definition) is 1. The Labute approximate surface area is 182 Å². The Morgan fingerprint density at radius 3 is 2.81 bits per heavy atom. The van der Waals surface area contributed by atoms with Crippen LogP contribution in [-0.2, 0) is 0 Å². The van der Waals surface area contributed by atoms with E-state index in [4.69, 9.17) is 9.84 Å². The minimum atomic E-state index is -0.212. The second-order valence-corrected chi connectivity index (χ2v) is 9.03. The second-order valence-electron chi connectivity index (χ2n) is 9.03. The summed E-state index contributed by atoms with van der Waals surface area (Å²) in [6.07, 6.45) is 9.10. The SMILES string of the molecule is COc1ccc2cccc(-n3nc(C4CCCN(CC5CCCCC5)C4)[nH]c3=O)c2n1. The zero-order valence-electron chi connectivity index (χ0n) is 18.2. The first-order valence-corrected chi connectivity index (χ1v) is 11.6. The Morgan fingerprint density at radius 1 is 1.10 bits per heavy atom. The first kappa shape index (κ1) is 20.2. The van der Waals surface area contributed by atoms with Gasteiger partial charge in [0.2, 0.25) is 5.88 Å². The molecule has 3 heterocycles. The summed E-state index contributed by atoms with van der Waals surface area (Å²) < 4.78 is 6.75. The Hall–Kier alpha value is -2.67. The third kappa shape index (κ3) is 4.24. The van der Waals surface area contributed by atoms with Crippen LogP contribution in [-0.4, -0.2) is 51.4 Å². The second kappa shape index (κ2) is 8.83. The maximum atomic E-state index is 12.9. The van der Waals surface area contributed by atoms with Crippen LogP contribution in [0.25, 0.3) is 16.6 Å². The van der Waals surface area contributed by atoms with E-state index < -0.39 is 0 Å². The lowest BCUT2D eigenvalue weighted by Crippen LogP contribution is -2.38. The summed E-state index contributed by atoms with van der Waals surface area (Å²) in [5.41, 5.74) is 1.18. The van der Waals surface area contributed by atoms with E-state index in [2.05, 4.69) is 14.9 Å². The van der Waals surface area contributed by atoms with Gasteiger partial charge in [0.25, 0.3) is 0 Å². The summed E-state index contributed by atoms with van der Waals surface area (Å²) in [6, 6.07) is 9.58. The van der Waals surface area contributed by atoms with Crippen LogP contribution in [0.5, 0.6) is 5.88 Å². The molecule has 5 rings (SSSR count). The van der Waals surface area contributed by atoms with Crippen LogP contribution in [0.1, 0.15) is 56.7 Å². The number of nitrogens with one attached hydrogen (secondary N) is 1. The van der Waals surface area contributed by atoms with Crippen molar-refractivity contribution in [1.82, 2.24) is 24.6 Å². The molecule has 2 aromatic heterocycles. The summed E-state index contributed by atoms with van der Waals surface area (Å²) in [6.45, 7) is 3.32. The van der Waals surface area contributed by atoms with E-state index in [-0.39, 0.29) is 11.6 Å². The van der Waals surface area contributed by atoms with Gasteiger partial charge in [-0.1, -0.05) is 31.4 Å². The fourth-order valence-electron chi connectivity index (χ4n) is 5.27. The zero-order chi connectivity index (χ0) is 21.2. The number of H-pyrrole nitrogens is 1. The van der Waals surface area contributed by atoms with Crippen molar-refractivity contribution in [3.05, 3.63) is 46.6 Å². The lowest BCUT2D eigenvalue weighted by Gasteiger charge is -2.35. The summed E-state index contributed by atoms with van der Waals surface area (Å²) in [5.74, 6) is 2.41. The van der Waals surface area contributed by atoms with E-state index in [0.29, 0.717) is 17.1 Å². The Morgan fingerprint density at radius 2 is 1.97 bits per heavy atom. The van der Waals surface area contributed by atoms with Gasteiger partial charge in [-0.2, -0.15) is 4.68 Å². The van der Waals surface area contributed by atoms with Crippen molar-refractivity contribution in [1.29, 1.82) is 0 Å². The molecule has 0 radical (unpaired) electrons. The minimum absolute atomic E-state index is 0.212. The quantitative estimate of drug-likeness (QED) is 0.677. The van der Waals surface area contributed by atoms with Crippen molar-refractivity contribution in [3.8, 4) is 11.6 Å². The molecule has 7 nitrogen and oxygen atoms in total. The molecule has 0 spiro atoms. The van der Waals surface area contributed by atoms with Gasteiger partial charge in [0.05, 0.1) is 12.8 Å². The normalized spacial score (nSPS) is 20.9. The van der Waals surface area contributed by atoms with E-state index >= 15 is 0 Å². The summed E-state index contributed by atoms with van der Waals surface area (Å²) >= 11 is 0. The molecule has 1 N–H and O–H groups in total. The molecule has 1 atom stereocenters. The van der Waals surface area contributed by atoms with Crippen molar-refractivity contribution in [3.63, 3.8) is 0 Å². The van der Waals surface area contributed by atoms with Crippen LogP contribution in [0.2, 0.25) is 0 Å². The van der Waals surface area contributed by atoms with Gasteiger partial charge >= 0.3 is 5.69 Å². The third-order valence-electron chi connectivity index (χ3n) is 6.88. The highest BCUT2D eigenvalue weighted by Crippen LogP contribution is 2.29. The number of likely N-dealkylation sites (tertiary alicyclic amines) is 1. The molecule has 1 saturated heterocycles. The van der Waals surface area contributed by atoms with Gasteiger partial charge < -0.3 is 9.64 Å². The Bertz CT molecular complexity index is 1100. The largest absolute Gasteiger partial charge is 0.481 e. The standard InChI is InChI=1S/C24H31N5O2/c1-31-21-13-12-18-9-5-11-20(22(18)25-21)29-24(30)26-23(27-29)19-10-6-14-28(16-19)15-17-7-3-2-4-8-17/h5,9,11-13,17,19H,2-4,6-8,10,14-16H2,1H3,(H,26,27,30). The smallest absolute Gasteiger partial charge is 0.348 e. The van der Waals surface area contributed by atoms with Gasteiger partial charge in [-0.3, -0.25) is 4.98 Å². The van der Waals surface area contributed by atoms with Crippen LogP contribution in [0.4, 0.5) is 0 Å². The number of hydrogen-bond acceptors (Lipinski definition) is 5. The Balaban J connectivity index is 1.39. The summed E-state index contributed by atoms with van der Waals surface area (Å²) in [4.78, 5) is 23.0. The lowest BCUT2D eigenvalue weighted by atomic mass is 9.88. The fourth-order valence-corrected chi connectivity index (χ4v) is 5.27. The van der Waals surface area contributed by atoms with Gasteiger partial charge in [-0.25, -0.2) is 9.78 Å². The molecule has 1 aliphatic carbocycles. The van der Waals surface area contributed by atoms with E-state index in [9.17, 15) is 4.79 Å². The molecule has 1 saturated carbocycles. The number of benzene rings is 1. The van der Waals surface area contributed by atoms with Gasteiger partial charge in [0, 0.05) is 30.5 Å². The summed E-state index contributed by atoms with van der Waals surface area (Å²) in [5, 5.41) is 5.68. The molecule has 1 aromatic carbocycles. The molecule has 0 amide bonds. The maximum Gasteiger partial charge on any atom is 0.348 e. The average molecular weight is 422 g/mol. The molecule has 31 heavy (non-hydrogen) atoms. The van der Waals surface area contributed by atoms with Crippen molar-refractivity contribution in [2.75, 3.05) is 26.7 Å². The number of pyridine rings is 1. The minimum Gasteiger partial charge on any atom is -0.481 e. The third-order valence-corrected chi connectivity index (χ3v) is 6.88. The number of nitrogens with zero attached hydrogens (tertiary/aromatic N) is 4. The predicted octanol–water partition coefficient (Wildman–Crippen LogP) is 3.88. The van der Waals surface area contributed by atoms with Crippen LogP contribution < -0.4 is 10.4 Å². The average Bonchev–Trinajstić information content (AvgIpc) is 3.20. The number of aromatic amines is 1. The number of aromatic nitrogens is 4. The molecule has 2 aliphatic rings. The maximum absolute atomic E-state index is 12.9.